The van der Waals surface area contributed by atoms with Crippen molar-refractivity contribution in [3.8, 4) is 0 Å². The third-order valence-electron chi connectivity index (χ3n) is 11.0. The molecule has 7 atom stereocenters. The van der Waals surface area contributed by atoms with Crippen LogP contribution < -0.4 is 5.73 Å². The predicted octanol–water partition coefficient (Wildman–Crippen LogP) is 8.15. The Bertz CT molecular complexity index is 845. The largest absolute Gasteiger partial charge is 0.393 e. The van der Waals surface area contributed by atoms with Crippen LogP contribution in [-0.4, -0.2) is 39.7 Å². The molecule has 4 nitrogen and oxygen atoms in total. The summed E-state index contributed by atoms with van der Waals surface area (Å²) in [6.07, 6.45) is 25.0. The zero-order valence-electron chi connectivity index (χ0n) is 26.3. The van der Waals surface area contributed by atoms with Gasteiger partial charge >= 0.3 is 0 Å². The van der Waals surface area contributed by atoms with Crippen LogP contribution in [0.15, 0.2) is 35.5 Å². The summed E-state index contributed by atoms with van der Waals surface area (Å²) in [5.41, 5.74) is 8.76. The summed E-state index contributed by atoms with van der Waals surface area (Å²) in [7, 11) is 0. The van der Waals surface area contributed by atoms with E-state index in [1.54, 1.807) is 5.57 Å². The molecule has 0 bridgehead atoms. The monoisotopic (exact) mass is 557 g/mol. The first-order chi connectivity index (χ1) is 19.1. The third-order valence-corrected chi connectivity index (χ3v) is 11.0. The van der Waals surface area contributed by atoms with Crippen LogP contribution in [0, 0.1) is 23.2 Å². The summed E-state index contributed by atoms with van der Waals surface area (Å²) >= 11 is 0. The maximum absolute atomic E-state index is 11.0. The number of rotatable bonds is 16. The molecule has 0 aromatic rings. The van der Waals surface area contributed by atoms with Crippen LogP contribution in [0.2, 0.25) is 0 Å². The molecule has 0 radical (unpaired) electrons. The molecular formula is C36H63NO3. The van der Waals surface area contributed by atoms with Crippen LogP contribution in [0.3, 0.4) is 0 Å². The van der Waals surface area contributed by atoms with Gasteiger partial charge in [0, 0.05) is 6.42 Å². The summed E-state index contributed by atoms with van der Waals surface area (Å²) in [6.45, 7) is 12.0. The Labute approximate surface area is 246 Å². The summed E-state index contributed by atoms with van der Waals surface area (Å²) in [6, 6.07) is 0. The minimum absolute atomic E-state index is 0.359. The van der Waals surface area contributed by atoms with Gasteiger partial charge in [0.25, 0.3) is 0 Å². The number of hydrogen-bond acceptors (Lipinski definition) is 4. The highest BCUT2D eigenvalue weighted by Crippen LogP contribution is 2.60. The molecule has 0 aromatic heterocycles. The van der Waals surface area contributed by atoms with Gasteiger partial charge in [0.05, 0.1) is 17.8 Å². The van der Waals surface area contributed by atoms with Crippen molar-refractivity contribution >= 4 is 0 Å². The Kier molecular flexibility index (Phi) is 13.5. The Hall–Kier alpha value is -0.940. The van der Waals surface area contributed by atoms with Crippen LogP contribution >= 0.6 is 0 Å². The van der Waals surface area contributed by atoms with E-state index in [4.69, 9.17) is 5.73 Å². The molecule has 5 N–H and O–H groups in total. The van der Waals surface area contributed by atoms with Gasteiger partial charge in [-0.1, -0.05) is 95.9 Å². The minimum Gasteiger partial charge on any atom is -0.393 e. The van der Waals surface area contributed by atoms with E-state index < -0.39 is 17.8 Å². The predicted molar refractivity (Wildman–Crippen MR) is 169 cm³/mol. The van der Waals surface area contributed by atoms with E-state index >= 15 is 0 Å². The van der Waals surface area contributed by atoms with E-state index in [0.717, 1.165) is 55.7 Å². The molecule has 3 aliphatic rings. The number of unbranched alkanes of at least 4 members (excludes halogenated alkanes) is 7. The lowest BCUT2D eigenvalue weighted by Gasteiger charge is -2.44. The fraction of sp³-hybridized carbons (Fsp3) is 0.833. The Morgan fingerprint density at radius 1 is 1.00 bits per heavy atom. The second-order valence-corrected chi connectivity index (χ2v) is 14.4. The van der Waals surface area contributed by atoms with Gasteiger partial charge in [-0.15, -0.1) is 0 Å². The molecule has 4 heteroatoms. The van der Waals surface area contributed by atoms with Crippen LogP contribution in [0.25, 0.3) is 0 Å². The van der Waals surface area contributed by atoms with Crippen LogP contribution in [0.5, 0.6) is 0 Å². The highest BCUT2D eigenvalue weighted by Gasteiger charge is 2.50. The first-order valence-corrected chi connectivity index (χ1v) is 16.9. The molecule has 3 rings (SSSR count). The SMILES string of the molecule is C=C1C(=CC=C2CCC[C@]3(C)[C@@H]([C@H](C)CCCC(C)(O)CCCCCCCCCCN)CC[C@@H]23)C[C@H](O)C[C@H]1O. The zero-order chi connectivity index (χ0) is 29.2. The topological polar surface area (TPSA) is 86.7 Å². The van der Waals surface area contributed by atoms with Gasteiger partial charge in [-0.3, -0.25) is 0 Å². The normalized spacial score (nSPS) is 33.3. The van der Waals surface area contributed by atoms with Crippen molar-refractivity contribution in [1.82, 2.24) is 0 Å². The van der Waals surface area contributed by atoms with Crippen molar-refractivity contribution < 1.29 is 15.3 Å². The van der Waals surface area contributed by atoms with E-state index in [9.17, 15) is 15.3 Å². The number of nitrogens with two attached hydrogens (primary N) is 1. The molecule has 3 fully saturated rings. The van der Waals surface area contributed by atoms with Gasteiger partial charge in [0.1, 0.15) is 0 Å². The lowest BCUT2D eigenvalue weighted by atomic mass is 9.60. The first-order valence-electron chi connectivity index (χ1n) is 16.9. The average molecular weight is 558 g/mol. The van der Waals surface area contributed by atoms with Gasteiger partial charge in [0.15, 0.2) is 0 Å². The van der Waals surface area contributed by atoms with Crippen molar-refractivity contribution in [2.75, 3.05) is 6.54 Å². The van der Waals surface area contributed by atoms with Crippen molar-refractivity contribution in [2.45, 2.75) is 161 Å². The van der Waals surface area contributed by atoms with Crippen molar-refractivity contribution in [2.24, 2.45) is 28.9 Å². The first kappa shape index (κ1) is 33.6. The molecule has 0 heterocycles. The number of hydrogen-bond donors (Lipinski definition) is 4. The minimum atomic E-state index is -0.621. The number of allylic oxidation sites excluding steroid dienone is 3. The van der Waals surface area contributed by atoms with Gasteiger partial charge in [-0.2, -0.15) is 0 Å². The number of fused-ring (bicyclic) bond motifs is 1. The fourth-order valence-electron chi connectivity index (χ4n) is 8.52. The Morgan fingerprint density at radius 3 is 2.35 bits per heavy atom. The molecule has 0 amide bonds. The number of aliphatic hydroxyl groups excluding tert-OH is 2. The van der Waals surface area contributed by atoms with Crippen molar-refractivity contribution in [3.05, 3.63) is 35.5 Å². The third kappa shape index (κ3) is 9.54. The van der Waals surface area contributed by atoms with Crippen LogP contribution in [0.1, 0.15) is 143 Å². The van der Waals surface area contributed by atoms with Gasteiger partial charge in [-0.05, 0) is 106 Å². The van der Waals surface area contributed by atoms with Gasteiger partial charge in [-0.25, -0.2) is 0 Å². The molecule has 1 unspecified atom stereocenters. The number of aliphatic hydroxyl groups is 3. The average Bonchev–Trinajstić information content (AvgIpc) is 3.26. The molecule has 230 valence electrons. The van der Waals surface area contributed by atoms with Crippen molar-refractivity contribution in [3.63, 3.8) is 0 Å². The summed E-state index contributed by atoms with van der Waals surface area (Å²) in [4.78, 5) is 0. The lowest BCUT2D eigenvalue weighted by molar-refractivity contribution is 0.0324. The maximum Gasteiger partial charge on any atom is 0.0811 e. The van der Waals surface area contributed by atoms with Crippen molar-refractivity contribution in [1.29, 1.82) is 0 Å². The van der Waals surface area contributed by atoms with Gasteiger partial charge < -0.3 is 21.1 Å². The second kappa shape index (κ2) is 16.1. The van der Waals surface area contributed by atoms with E-state index in [0.29, 0.717) is 30.1 Å². The Balaban J connectivity index is 1.43. The molecular weight excluding hydrogens is 494 g/mol. The highest BCUT2D eigenvalue weighted by molar-refractivity contribution is 5.38. The molecule has 3 saturated carbocycles. The van der Waals surface area contributed by atoms with E-state index in [-0.39, 0.29) is 0 Å². The van der Waals surface area contributed by atoms with E-state index in [2.05, 4.69) is 39.5 Å². The van der Waals surface area contributed by atoms with E-state index in [1.807, 2.05) is 0 Å². The maximum atomic E-state index is 11.0. The molecule has 40 heavy (non-hydrogen) atoms. The lowest BCUT2D eigenvalue weighted by Crippen LogP contribution is -2.36. The van der Waals surface area contributed by atoms with Crippen LogP contribution in [0.4, 0.5) is 0 Å². The summed E-state index contributed by atoms with van der Waals surface area (Å²) in [5, 5.41) is 31.4. The summed E-state index contributed by atoms with van der Waals surface area (Å²) in [5.74, 6) is 2.07. The molecule has 0 spiro atoms. The fourth-order valence-corrected chi connectivity index (χ4v) is 8.52. The molecule has 0 aromatic carbocycles. The molecule has 3 aliphatic carbocycles. The standard InChI is InChI=1S/C36H63NO3/c1-27(15-13-22-35(3,40)21-11-9-7-5-6-8-10-12-24-37)32-19-20-33-29(16-14-23-36(32,33)4)17-18-30-25-31(38)26-34(39)28(30)2/h17-18,27,31-34,38-40H,2,5-16,19-26,37H2,1,3-4H3/t27-,31+,32-,33+,34-,35?,36-/m1/s1. The smallest absolute Gasteiger partial charge is 0.0811 e. The van der Waals surface area contributed by atoms with E-state index in [1.165, 1.54) is 77.0 Å². The Morgan fingerprint density at radius 2 is 1.65 bits per heavy atom. The second-order valence-electron chi connectivity index (χ2n) is 14.4. The quantitative estimate of drug-likeness (QED) is 0.144. The zero-order valence-corrected chi connectivity index (χ0v) is 26.3. The van der Waals surface area contributed by atoms with Gasteiger partial charge in [0.2, 0.25) is 0 Å². The summed E-state index contributed by atoms with van der Waals surface area (Å²) < 4.78 is 0. The molecule has 0 aliphatic heterocycles. The van der Waals surface area contributed by atoms with Crippen LogP contribution in [-0.2, 0) is 0 Å². The molecule has 0 saturated heterocycles. The highest BCUT2D eigenvalue weighted by atomic mass is 16.3.